The van der Waals surface area contributed by atoms with Gasteiger partial charge in [-0.1, -0.05) is 0 Å². The quantitative estimate of drug-likeness (QED) is 0.796. The van der Waals surface area contributed by atoms with Crippen LogP contribution in [0.2, 0.25) is 0 Å². The van der Waals surface area contributed by atoms with Crippen molar-refractivity contribution >= 4 is 0 Å². The van der Waals surface area contributed by atoms with Gasteiger partial charge in [0.15, 0.2) is 11.5 Å². The fraction of sp³-hybridized carbons (Fsp3) is 0.647. The number of hydrogen-bond acceptors (Lipinski definition) is 2. The van der Waals surface area contributed by atoms with Crippen LogP contribution in [-0.4, -0.2) is 39.0 Å². The Bertz CT molecular complexity index is 492. The standard InChI is InChI=1S/C17H24N2O2/c1-2-4-15(3-1)19-9-7-18(8-10-19)12-14-5-6-16-17(11-14)21-13-20-16/h5-6,11,15H,1-4,7-10,12-13H2/p+2. The molecule has 0 aromatic heterocycles. The summed E-state index contributed by atoms with van der Waals surface area (Å²) in [6.07, 6.45) is 5.85. The average molecular weight is 290 g/mol. The van der Waals surface area contributed by atoms with Gasteiger partial charge in [0.05, 0.1) is 6.04 Å². The molecule has 1 aromatic carbocycles. The van der Waals surface area contributed by atoms with Gasteiger partial charge in [-0.25, -0.2) is 0 Å². The zero-order valence-corrected chi connectivity index (χ0v) is 12.7. The molecule has 1 saturated heterocycles. The van der Waals surface area contributed by atoms with E-state index in [9.17, 15) is 0 Å². The van der Waals surface area contributed by atoms with Crippen molar-refractivity contribution in [3.8, 4) is 11.5 Å². The number of quaternary nitrogens is 2. The molecule has 0 radical (unpaired) electrons. The fourth-order valence-corrected chi connectivity index (χ4v) is 4.18. The molecule has 2 N–H and O–H groups in total. The molecular weight excluding hydrogens is 264 g/mol. The van der Waals surface area contributed by atoms with Crippen molar-refractivity contribution in [2.75, 3.05) is 33.0 Å². The first-order valence-electron chi connectivity index (χ1n) is 8.45. The first-order chi connectivity index (χ1) is 10.4. The highest BCUT2D eigenvalue weighted by Crippen LogP contribution is 2.32. The third-order valence-electron chi connectivity index (χ3n) is 5.42. The van der Waals surface area contributed by atoms with Gasteiger partial charge in [-0.2, -0.15) is 0 Å². The van der Waals surface area contributed by atoms with E-state index in [0.717, 1.165) is 24.1 Å². The predicted octanol–water partition coefficient (Wildman–Crippen LogP) is -0.359. The Labute approximate surface area is 126 Å². The summed E-state index contributed by atoms with van der Waals surface area (Å²) in [6.45, 7) is 6.80. The molecule has 2 aliphatic heterocycles. The third-order valence-corrected chi connectivity index (χ3v) is 5.42. The molecule has 4 heteroatoms. The Morgan fingerprint density at radius 2 is 1.71 bits per heavy atom. The molecule has 1 aliphatic carbocycles. The lowest BCUT2D eigenvalue weighted by Gasteiger charge is -2.33. The molecule has 2 heterocycles. The van der Waals surface area contributed by atoms with Crippen LogP contribution in [0, 0.1) is 0 Å². The third kappa shape index (κ3) is 2.87. The molecule has 3 aliphatic rings. The van der Waals surface area contributed by atoms with E-state index in [-0.39, 0.29) is 0 Å². The van der Waals surface area contributed by atoms with Gasteiger partial charge in [0.1, 0.15) is 32.7 Å². The van der Waals surface area contributed by atoms with Crippen LogP contribution < -0.4 is 19.3 Å². The van der Waals surface area contributed by atoms with Crippen LogP contribution >= 0.6 is 0 Å². The van der Waals surface area contributed by atoms with Crippen molar-refractivity contribution in [1.82, 2.24) is 0 Å². The van der Waals surface area contributed by atoms with E-state index in [4.69, 9.17) is 9.47 Å². The Balaban J connectivity index is 1.32. The first kappa shape index (κ1) is 13.4. The predicted molar refractivity (Wildman–Crippen MR) is 79.9 cm³/mol. The van der Waals surface area contributed by atoms with Crippen molar-refractivity contribution in [3.05, 3.63) is 23.8 Å². The van der Waals surface area contributed by atoms with Crippen LogP contribution in [-0.2, 0) is 6.54 Å². The molecule has 4 nitrogen and oxygen atoms in total. The summed E-state index contributed by atoms with van der Waals surface area (Å²) in [5, 5.41) is 0. The minimum atomic E-state index is 0.370. The van der Waals surface area contributed by atoms with Gasteiger partial charge in [0.25, 0.3) is 0 Å². The number of rotatable bonds is 3. The Morgan fingerprint density at radius 3 is 2.52 bits per heavy atom. The SMILES string of the molecule is c1cc2c(cc1C[NH+]1CC[NH+](C3CCCC3)CC1)OCO2. The van der Waals surface area contributed by atoms with E-state index >= 15 is 0 Å². The molecule has 0 spiro atoms. The molecule has 1 saturated carbocycles. The van der Waals surface area contributed by atoms with Gasteiger partial charge in [-0.3, -0.25) is 0 Å². The molecule has 21 heavy (non-hydrogen) atoms. The van der Waals surface area contributed by atoms with Crippen LogP contribution in [0.1, 0.15) is 31.2 Å². The second-order valence-corrected chi connectivity index (χ2v) is 6.75. The number of benzene rings is 1. The molecule has 2 fully saturated rings. The van der Waals surface area contributed by atoms with Gasteiger partial charge >= 0.3 is 0 Å². The van der Waals surface area contributed by atoms with Crippen LogP contribution in [0.15, 0.2) is 18.2 Å². The lowest BCUT2D eigenvalue weighted by molar-refractivity contribution is -1.03. The smallest absolute Gasteiger partial charge is 0.231 e. The zero-order valence-electron chi connectivity index (χ0n) is 12.7. The molecule has 0 unspecified atom stereocenters. The first-order valence-corrected chi connectivity index (χ1v) is 8.45. The van der Waals surface area contributed by atoms with Crippen molar-refractivity contribution in [3.63, 3.8) is 0 Å². The largest absolute Gasteiger partial charge is 0.454 e. The van der Waals surface area contributed by atoms with Crippen LogP contribution in [0.5, 0.6) is 11.5 Å². The molecular formula is C17H26N2O2+2. The molecule has 4 rings (SSSR count). The van der Waals surface area contributed by atoms with Crippen LogP contribution in [0.25, 0.3) is 0 Å². The van der Waals surface area contributed by atoms with Crippen molar-refractivity contribution in [1.29, 1.82) is 0 Å². The average Bonchev–Trinajstić information content (AvgIpc) is 3.19. The van der Waals surface area contributed by atoms with Crippen molar-refractivity contribution in [2.45, 2.75) is 38.3 Å². The monoisotopic (exact) mass is 290 g/mol. The summed E-state index contributed by atoms with van der Waals surface area (Å²) in [5.74, 6) is 1.81. The van der Waals surface area contributed by atoms with E-state index in [2.05, 4.69) is 18.2 Å². The number of ether oxygens (including phenoxy) is 2. The minimum absolute atomic E-state index is 0.370. The van der Waals surface area contributed by atoms with Crippen molar-refractivity contribution in [2.24, 2.45) is 0 Å². The minimum Gasteiger partial charge on any atom is -0.454 e. The number of piperazine rings is 1. The maximum Gasteiger partial charge on any atom is 0.231 e. The summed E-state index contributed by atoms with van der Waals surface area (Å²) in [6, 6.07) is 7.37. The molecule has 0 bridgehead atoms. The summed E-state index contributed by atoms with van der Waals surface area (Å²) < 4.78 is 10.9. The molecule has 114 valence electrons. The van der Waals surface area contributed by atoms with E-state index in [1.165, 1.54) is 57.4 Å². The lowest BCUT2D eigenvalue weighted by atomic mass is 10.1. The van der Waals surface area contributed by atoms with E-state index in [1.807, 2.05) is 4.90 Å². The Kier molecular flexibility index (Phi) is 3.74. The van der Waals surface area contributed by atoms with Crippen molar-refractivity contribution < 1.29 is 19.3 Å². The second kappa shape index (κ2) is 5.85. The summed E-state index contributed by atoms with van der Waals surface area (Å²) >= 11 is 0. The molecule has 0 atom stereocenters. The van der Waals surface area contributed by atoms with Crippen LogP contribution in [0.3, 0.4) is 0 Å². The van der Waals surface area contributed by atoms with Gasteiger partial charge in [-0.05, 0) is 43.9 Å². The highest BCUT2D eigenvalue weighted by molar-refractivity contribution is 5.44. The summed E-state index contributed by atoms with van der Waals surface area (Å²) in [7, 11) is 0. The summed E-state index contributed by atoms with van der Waals surface area (Å²) in [5.41, 5.74) is 1.37. The van der Waals surface area contributed by atoms with E-state index in [1.54, 1.807) is 4.90 Å². The number of fused-ring (bicyclic) bond motifs is 1. The molecule has 0 amide bonds. The van der Waals surface area contributed by atoms with E-state index in [0.29, 0.717) is 6.79 Å². The molecule has 1 aromatic rings. The van der Waals surface area contributed by atoms with Crippen LogP contribution in [0.4, 0.5) is 0 Å². The zero-order chi connectivity index (χ0) is 14.1. The highest BCUT2D eigenvalue weighted by atomic mass is 16.7. The summed E-state index contributed by atoms with van der Waals surface area (Å²) in [4.78, 5) is 3.59. The fourth-order valence-electron chi connectivity index (χ4n) is 4.18. The lowest BCUT2D eigenvalue weighted by Crippen LogP contribution is -3.29. The van der Waals surface area contributed by atoms with Gasteiger partial charge < -0.3 is 19.3 Å². The number of nitrogens with one attached hydrogen (secondary N) is 2. The Morgan fingerprint density at radius 1 is 0.952 bits per heavy atom. The second-order valence-electron chi connectivity index (χ2n) is 6.75. The maximum absolute atomic E-state index is 5.48. The van der Waals surface area contributed by atoms with Gasteiger partial charge in [0, 0.05) is 5.56 Å². The highest BCUT2D eigenvalue weighted by Gasteiger charge is 2.31. The topological polar surface area (TPSA) is 27.3 Å². The van der Waals surface area contributed by atoms with Gasteiger partial charge in [0.2, 0.25) is 6.79 Å². The normalized spacial score (nSPS) is 29.0. The van der Waals surface area contributed by atoms with E-state index < -0.39 is 0 Å². The van der Waals surface area contributed by atoms with Gasteiger partial charge in [-0.15, -0.1) is 0 Å². The maximum atomic E-state index is 5.48. The Hall–Kier alpha value is -1.26. The number of hydrogen-bond donors (Lipinski definition) is 2.